The van der Waals surface area contributed by atoms with Crippen LogP contribution < -0.4 is 15.0 Å². The minimum atomic E-state index is -0.0673. The molecule has 1 aliphatic rings. The standard InChI is InChI=1S/C36H36ClN9O2/c1-5-33(47)44-13-15-45(16-14-44)35-28-18-30(37)27(34-22(2)6-11-31-29(34)21-39-43-31)19-32(28)41-36(42-35)38-12-17-48-26-9-7-25(8-10-26)46-24(4)23(3)20-40-46/h5-11,18-21H,1,12-17H2,2-4H3,(H,39,43)(H,38,41,42). The van der Waals surface area contributed by atoms with E-state index in [1.807, 2.05) is 59.5 Å². The number of benzene rings is 3. The number of H-pyrrole nitrogens is 1. The van der Waals surface area contributed by atoms with Crippen molar-refractivity contribution in [1.29, 1.82) is 0 Å². The van der Waals surface area contributed by atoms with Crippen LogP contribution in [0.3, 0.4) is 0 Å². The van der Waals surface area contributed by atoms with Crippen LogP contribution in [0.4, 0.5) is 11.8 Å². The van der Waals surface area contributed by atoms with Gasteiger partial charge < -0.3 is 19.9 Å². The number of aryl methyl sites for hydroxylation is 2. The van der Waals surface area contributed by atoms with Crippen LogP contribution in [0.5, 0.6) is 5.75 Å². The molecule has 11 nitrogen and oxygen atoms in total. The van der Waals surface area contributed by atoms with E-state index in [0.29, 0.717) is 50.3 Å². The predicted molar refractivity (Wildman–Crippen MR) is 190 cm³/mol. The van der Waals surface area contributed by atoms with Crippen molar-refractivity contribution in [1.82, 2.24) is 34.8 Å². The number of amides is 1. The smallest absolute Gasteiger partial charge is 0.246 e. The number of nitrogens with one attached hydrogen (secondary N) is 2. The average molecular weight is 662 g/mol. The van der Waals surface area contributed by atoms with Crippen molar-refractivity contribution in [3.8, 4) is 22.6 Å². The molecule has 3 aromatic carbocycles. The molecule has 0 aliphatic carbocycles. The van der Waals surface area contributed by atoms with Gasteiger partial charge in [-0.05, 0) is 86.0 Å². The Morgan fingerprint density at radius 2 is 1.79 bits per heavy atom. The van der Waals surface area contributed by atoms with Crippen LogP contribution in [-0.2, 0) is 4.79 Å². The third-order valence-corrected chi connectivity index (χ3v) is 9.23. The lowest BCUT2D eigenvalue weighted by molar-refractivity contribution is -0.126. The number of aromatic amines is 1. The Kier molecular flexibility index (Phi) is 8.45. The average Bonchev–Trinajstić information content (AvgIpc) is 3.72. The SMILES string of the molecule is C=CC(=O)N1CCN(c2nc(NCCOc3ccc(-n4ncc(C)c4C)cc3)nc3cc(-c4c(C)ccc5[nH]ncc45)c(Cl)cc23)CC1. The van der Waals surface area contributed by atoms with E-state index in [9.17, 15) is 4.79 Å². The number of fused-ring (bicyclic) bond motifs is 2. The molecule has 244 valence electrons. The molecule has 0 radical (unpaired) electrons. The second-order valence-electron chi connectivity index (χ2n) is 11.9. The molecule has 0 atom stereocenters. The molecule has 1 aliphatic heterocycles. The minimum Gasteiger partial charge on any atom is -0.492 e. The second kappa shape index (κ2) is 13.0. The summed E-state index contributed by atoms with van der Waals surface area (Å²) in [5.41, 5.74) is 7.90. The van der Waals surface area contributed by atoms with Crippen molar-refractivity contribution in [3.05, 3.63) is 95.4 Å². The van der Waals surface area contributed by atoms with Gasteiger partial charge in [-0.25, -0.2) is 9.67 Å². The summed E-state index contributed by atoms with van der Waals surface area (Å²) in [7, 11) is 0. The molecule has 0 unspecified atom stereocenters. The Bertz CT molecular complexity index is 2150. The number of halogens is 1. The summed E-state index contributed by atoms with van der Waals surface area (Å²) in [5.74, 6) is 1.94. The fourth-order valence-electron chi connectivity index (χ4n) is 6.16. The number of hydrogen-bond acceptors (Lipinski definition) is 8. The fourth-order valence-corrected chi connectivity index (χ4v) is 6.42. The Morgan fingerprint density at radius 1 is 1.00 bits per heavy atom. The van der Waals surface area contributed by atoms with Crippen LogP contribution in [0.2, 0.25) is 5.02 Å². The van der Waals surface area contributed by atoms with Crippen molar-refractivity contribution in [2.24, 2.45) is 0 Å². The molecule has 0 bridgehead atoms. The van der Waals surface area contributed by atoms with E-state index in [1.165, 1.54) is 6.08 Å². The van der Waals surface area contributed by atoms with Crippen molar-refractivity contribution >= 4 is 51.1 Å². The summed E-state index contributed by atoms with van der Waals surface area (Å²) in [6.45, 7) is 13.1. The first-order valence-electron chi connectivity index (χ1n) is 15.9. The van der Waals surface area contributed by atoms with E-state index in [1.54, 1.807) is 4.90 Å². The molecule has 2 N–H and O–H groups in total. The summed E-state index contributed by atoms with van der Waals surface area (Å²) >= 11 is 7.02. The Hall–Kier alpha value is -5.42. The lowest BCUT2D eigenvalue weighted by Gasteiger charge is -2.35. The molecule has 48 heavy (non-hydrogen) atoms. The molecule has 7 rings (SSSR count). The topological polar surface area (TPSA) is 117 Å². The Labute approximate surface area is 283 Å². The van der Waals surface area contributed by atoms with Gasteiger partial charge in [0.1, 0.15) is 18.2 Å². The van der Waals surface area contributed by atoms with Crippen molar-refractivity contribution < 1.29 is 9.53 Å². The van der Waals surface area contributed by atoms with Crippen LogP contribution >= 0.6 is 11.6 Å². The maximum absolute atomic E-state index is 12.3. The molecular formula is C36H36ClN9O2. The van der Waals surface area contributed by atoms with Gasteiger partial charge in [-0.3, -0.25) is 9.89 Å². The molecule has 6 aromatic rings. The molecule has 1 saturated heterocycles. The van der Waals surface area contributed by atoms with Crippen LogP contribution in [0.15, 0.2) is 73.6 Å². The van der Waals surface area contributed by atoms with Crippen LogP contribution in [0.1, 0.15) is 16.8 Å². The summed E-state index contributed by atoms with van der Waals surface area (Å²) in [5, 5.41) is 17.6. The zero-order valence-corrected chi connectivity index (χ0v) is 27.9. The summed E-state index contributed by atoms with van der Waals surface area (Å²) in [6.07, 6.45) is 5.05. The van der Waals surface area contributed by atoms with Gasteiger partial charge in [-0.1, -0.05) is 24.2 Å². The number of ether oxygens (including phenoxy) is 1. The largest absolute Gasteiger partial charge is 0.492 e. The van der Waals surface area contributed by atoms with Crippen LogP contribution in [0.25, 0.3) is 38.6 Å². The number of hydrogen-bond donors (Lipinski definition) is 2. The van der Waals surface area contributed by atoms with E-state index < -0.39 is 0 Å². The maximum atomic E-state index is 12.3. The van der Waals surface area contributed by atoms with Crippen molar-refractivity contribution in [3.63, 3.8) is 0 Å². The van der Waals surface area contributed by atoms with Gasteiger partial charge >= 0.3 is 0 Å². The highest BCUT2D eigenvalue weighted by atomic mass is 35.5. The number of carbonyl (C=O) groups excluding carboxylic acids is 1. The molecular weight excluding hydrogens is 626 g/mol. The van der Waals surface area contributed by atoms with Crippen molar-refractivity contribution in [2.45, 2.75) is 20.8 Å². The first-order valence-corrected chi connectivity index (χ1v) is 16.3. The number of anilines is 2. The highest BCUT2D eigenvalue weighted by Crippen LogP contribution is 2.39. The number of piperazine rings is 1. The van der Waals surface area contributed by atoms with Gasteiger partial charge in [-0.2, -0.15) is 15.2 Å². The first kappa shape index (κ1) is 31.2. The normalized spacial score (nSPS) is 13.3. The zero-order chi connectivity index (χ0) is 33.4. The highest BCUT2D eigenvalue weighted by Gasteiger charge is 2.24. The molecule has 0 spiro atoms. The van der Waals surface area contributed by atoms with E-state index >= 15 is 0 Å². The zero-order valence-electron chi connectivity index (χ0n) is 27.1. The molecule has 0 saturated carbocycles. The second-order valence-corrected chi connectivity index (χ2v) is 12.3. The van der Waals surface area contributed by atoms with E-state index in [0.717, 1.165) is 67.0 Å². The highest BCUT2D eigenvalue weighted by molar-refractivity contribution is 6.35. The van der Waals surface area contributed by atoms with E-state index in [4.69, 9.17) is 26.3 Å². The molecule has 12 heteroatoms. The maximum Gasteiger partial charge on any atom is 0.246 e. The molecule has 4 heterocycles. The summed E-state index contributed by atoms with van der Waals surface area (Å²) in [4.78, 5) is 26.1. The first-order chi connectivity index (χ1) is 23.3. The van der Waals surface area contributed by atoms with Crippen LogP contribution in [0, 0.1) is 20.8 Å². The van der Waals surface area contributed by atoms with E-state index in [2.05, 4.69) is 58.9 Å². The third kappa shape index (κ3) is 5.93. The van der Waals surface area contributed by atoms with Crippen molar-refractivity contribution in [2.75, 3.05) is 49.5 Å². The van der Waals surface area contributed by atoms with Gasteiger partial charge in [0.2, 0.25) is 11.9 Å². The Balaban J connectivity index is 1.15. The predicted octanol–water partition coefficient (Wildman–Crippen LogP) is 6.26. The quantitative estimate of drug-likeness (QED) is 0.138. The van der Waals surface area contributed by atoms with Gasteiger partial charge in [0, 0.05) is 53.2 Å². The summed E-state index contributed by atoms with van der Waals surface area (Å²) < 4.78 is 7.96. The molecule has 1 fully saturated rings. The molecule has 1 amide bonds. The van der Waals surface area contributed by atoms with Gasteiger partial charge in [0.05, 0.1) is 35.7 Å². The number of rotatable bonds is 9. The third-order valence-electron chi connectivity index (χ3n) is 8.92. The number of carbonyl (C=O) groups is 1. The van der Waals surface area contributed by atoms with Gasteiger partial charge in [-0.15, -0.1) is 0 Å². The monoisotopic (exact) mass is 661 g/mol. The fraction of sp³-hybridized carbons (Fsp3) is 0.250. The Morgan fingerprint density at radius 3 is 2.52 bits per heavy atom. The lowest BCUT2D eigenvalue weighted by Crippen LogP contribution is -2.48. The molecule has 3 aromatic heterocycles. The number of nitrogens with zero attached hydrogens (tertiary/aromatic N) is 7. The van der Waals surface area contributed by atoms with Gasteiger partial charge in [0.25, 0.3) is 0 Å². The van der Waals surface area contributed by atoms with Gasteiger partial charge in [0.15, 0.2) is 0 Å². The summed E-state index contributed by atoms with van der Waals surface area (Å²) in [6, 6.07) is 15.9. The van der Waals surface area contributed by atoms with Crippen LogP contribution in [-0.4, -0.2) is 80.1 Å². The minimum absolute atomic E-state index is 0.0673. The lowest BCUT2D eigenvalue weighted by atomic mass is 9.96. The van der Waals surface area contributed by atoms with E-state index in [-0.39, 0.29) is 5.91 Å². The number of aromatic nitrogens is 6.